The molecule has 0 saturated carbocycles. The van der Waals surface area contributed by atoms with Crippen molar-refractivity contribution in [3.63, 3.8) is 0 Å². The molecule has 1 aromatic carbocycles. The fraction of sp³-hybridized carbons (Fsp3) is 0.385. The van der Waals surface area contributed by atoms with E-state index < -0.39 is 5.82 Å². The van der Waals surface area contributed by atoms with Crippen molar-refractivity contribution in [3.8, 4) is 6.07 Å². The fourth-order valence-electron chi connectivity index (χ4n) is 1.49. The average molecular weight is 249 g/mol. The minimum absolute atomic E-state index is 0.00169. The van der Waals surface area contributed by atoms with Crippen molar-refractivity contribution in [2.75, 3.05) is 13.1 Å². The van der Waals surface area contributed by atoms with Crippen molar-refractivity contribution < 1.29 is 9.18 Å². The number of rotatable bonds is 6. The van der Waals surface area contributed by atoms with E-state index in [1.165, 1.54) is 12.1 Å². The summed E-state index contributed by atoms with van der Waals surface area (Å²) in [6, 6.07) is 6.20. The third-order valence-corrected chi connectivity index (χ3v) is 2.38. The van der Waals surface area contributed by atoms with Gasteiger partial charge in [0, 0.05) is 26.1 Å². The summed E-state index contributed by atoms with van der Waals surface area (Å²) >= 11 is 0. The molecule has 0 radical (unpaired) electrons. The molecule has 0 aromatic heterocycles. The normalized spacial score (nSPS) is 9.83. The summed E-state index contributed by atoms with van der Waals surface area (Å²) in [5.74, 6) is -0.509. The van der Waals surface area contributed by atoms with Crippen LogP contribution in [0, 0.1) is 17.1 Å². The second-order valence-corrected chi connectivity index (χ2v) is 3.81. The molecule has 96 valence electrons. The lowest BCUT2D eigenvalue weighted by Gasteiger charge is -2.05. The Labute approximate surface area is 106 Å². The fourth-order valence-corrected chi connectivity index (χ4v) is 1.49. The number of nitrogens with one attached hydrogen (secondary N) is 2. The topological polar surface area (TPSA) is 64.9 Å². The van der Waals surface area contributed by atoms with Crippen LogP contribution in [-0.4, -0.2) is 19.0 Å². The van der Waals surface area contributed by atoms with Crippen LogP contribution in [0.4, 0.5) is 4.39 Å². The highest BCUT2D eigenvalue weighted by molar-refractivity contribution is 5.75. The first-order valence-electron chi connectivity index (χ1n) is 5.83. The Hall–Kier alpha value is -1.93. The van der Waals surface area contributed by atoms with Gasteiger partial charge in [-0.25, -0.2) is 4.39 Å². The van der Waals surface area contributed by atoms with Crippen LogP contribution in [0.25, 0.3) is 0 Å². The number of carbonyl (C=O) groups is 1. The zero-order chi connectivity index (χ0) is 13.4. The second kappa shape index (κ2) is 7.41. The molecule has 2 N–H and O–H groups in total. The SMILES string of the molecule is CCNC(=O)CCNCc1ccc(F)c(C#N)c1. The molecule has 1 rings (SSSR count). The van der Waals surface area contributed by atoms with Crippen LogP contribution in [0.3, 0.4) is 0 Å². The summed E-state index contributed by atoms with van der Waals surface area (Å²) in [6.45, 7) is 3.55. The Balaban J connectivity index is 2.36. The van der Waals surface area contributed by atoms with Gasteiger partial charge in [-0.05, 0) is 24.6 Å². The van der Waals surface area contributed by atoms with Gasteiger partial charge in [0.15, 0.2) is 0 Å². The zero-order valence-corrected chi connectivity index (χ0v) is 10.3. The van der Waals surface area contributed by atoms with Gasteiger partial charge in [0.2, 0.25) is 5.91 Å². The number of nitrogens with zero attached hydrogens (tertiary/aromatic N) is 1. The maximum Gasteiger partial charge on any atom is 0.221 e. The molecule has 1 amide bonds. The maximum absolute atomic E-state index is 13.1. The van der Waals surface area contributed by atoms with E-state index in [-0.39, 0.29) is 11.5 Å². The van der Waals surface area contributed by atoms with Gasteiger partial charge in [0.25, 0.3) is 0 Å². The zero-order valence-electron chi connectivity index (χ0n) is 10.3. The highest BCUT2D eigenvalue weighted by Crippen LogP contribution is 2.09. The van der Waals surface area contributed by atoms with E-state index in [0.717, 1.165) is 5.56 Å². The summed E-state index contributed by atoms with van der Waals surface area (Å²) < 4.78 is 13.1. The molecule has 0 aliphatic heterocycles. The van der Waals surface area contributed by atoms with Crippen molar-refractivity contribution in [2.24, 2.45) is 0 Å². The number of halogens is 1. The van der Waals surface area contributed by atoms with E-state index >= 15 is 0 Å². The van der Waals surface area contributed by atoms with Crippen molar-refractivity contribution in [1.29, 1.82) is 5.26 Å². The maximum atomic E-state index is 13.1. The van der Waals surface area contributed by atoms with Crippen LogP contribution < -0.4 is 10.6 Å². The number of amides is 1. The van der Waals surface area contributed by atoms with Crippen LogP contribution in [0.2, 0.25) is 0 Å². The first-order valence-corrected chi connectivity index (χ1v) is 5.83. The second-order valence-electron chi connectivity index (χ2n) is 3.81. The summed E-state index contributed by atoms with van der Waals surface area (Å²) in [7, 11) is 0. The van der Waals surface area contributed by atoms with Crippen LogP contribution in [0.15, 0.2) is 18.2 Å². The van der Waals surface area contributed by atoms with Crippen LogP contribution >= 0.6 is 0 Å². The van der Waals surface area contributed by atoms with Crippen molar-refractivity contribution in [2.45, 2.75) is 19.9 Å². The van der Waals surface area contributed by atoms with Crippen molar-refractivity contribution >= 4 is 5.91 Å². The van der Waals surface area contributed by atoms with E-state index in [1.54, 1.807) is 12.1 Å². The van der Waals surface area contributed by atoms with Crippen molar-refractivity contribution in [3.05, 3.63) is 35.1 Å². The van der Waals surface area contributed by atoms with Crippen molar-refractivity contribution in [1.82, 2.24) is 10.6 Å². The van der Waals surface area contributed by atoms with Crippen LogP contribution in [-0.2, 0) is 11.3 Å². The quantitative estimate of drug-likeness (QED) is 0.747. The van der Waals surface area contributed by atoms with Gasteiger partial charge in [-0.2, -0.15) is 5.26 Å². The van der Waals surface area contributed by atoms with Gasteiger partial charge in [-0.1, -0.05) is 6.07 Å². The van der Waals surface area contributed by atoms with E-state index in [0.29, 0.717) is 26.1 Å². The molecule has 1 aromatic rings. The van der Waals surface area contributed by atoms with E-state index in [1.807, 2.05) is 6.92 Å². The molecule has 5 heteroatoms. The Morgan fingerprint density at radius 1 is 1.50 bits per heavy atom. The van der Waals surface area contributed by atoms with E-state index in [4.69, 9.17) is 5.26 Å². The summed E-state index contributed by atoms with van der Waals surface area (Å²) in [4.78, 5) is 11.2. The monoisotopic (exact) mass is 249 g/mol. The molecule has 18 heavy (non-hydrogen) atoms. The minimum atomic E-state index is -0.511. The summed E-state index contributed by atoms with van der Waals surface area (Å²) in [6.07, 6.45) is 0.403. The Kier molecular flexibility index (Phi) is 5.81. The molecule has 0 saturated heterocycles. The van der Waals surface area contributed by atoms with Gasteiger partial charge in [-0.3, -0.25) is 4.79 Å². The minimum Gasteiger partial charge on any atom is -0.356 e. The summed E-state index contributed by atoms with van der Waals surface area (Å²) in [5, 5.41) is 14.5. The number of carbonyl (C=O) groups excluding carboxylic acids is 1. The third kappa shape index (κ3) is 4.52. The predicted octanol–water partition coefficient (Wildman–Crippen LogP) is 1.31. The lowest BCUT2D eigenvalue weighted by molar-refractivity contribution is -0.120. The highest BCUT2D eigenvalue weighted by atomic mass is 19.1. The largest absolute Gasteiger partial charge is 0.356 e. The van der Waals surface area contributed by atoms with Gasteiger partial charge >= 0.3 is 0 Å². The van der Waals surface area contributed by atoms with Crippen LogP contribution in [0.1, 0.15) is 24.5 Å². The third-order valence-electron chi connectivity index (χ3n) is 2.38. The molecular weight excluding hydrogens is 233 g/mol. The Morgan fingerprint density at radius 3 is 2.94 bits per heavy atom. The van der Waals surface area contributed by atoms with Gasteiger partial charge in [0.1, 0.15) is 11.9 Å². The van der Waals surface area contributed by atoms with Gasteiger partial charge in [0.05, 0.1) is 5.56 Å². The average Bonchev–Trinajstić information content (AvgIpc) is 2.37. The standard InChI is InChI=1S/C13H16FN3O/c1-2-17-13(18)5-6-16-9-10-3-4-12(14)11(7-10)8-15/h3-4,7,16H,2,5-6,9H2,1H3,(H,17,18). The molecular formula is C13H16FN3O. The van der Waals surface area contributed by atoms with E-state index in [9.17, 15) is 9.18 Å². The molecule has 0 aliphatic rings. The highest BCUT2D eigenvalue weighted by Gasteiger charge is 2.03. The molecule has 0 unspecified atom stereocenters. The molecule has 0 aliphatic carbocycles. The molecule has 0 fully saturated rings. The van der Waals surface area contributed by atoms with E-state index in [2.05, 4.69) is 10.6 Å². The van der Waals surface area contributed by atoms with Gasteiger partial charge in [-0.15, -0.1) is 0 Å². The first-order chi connectivity index (χ1) is 8.67. The molecule has 0 atom stereocenters. The smallest absolute Gasteiger partial charge is 0.221 e. The first kappa shape index (κ1) is 14.1. The molecule has 0 heterocycles. The number of hydrogen-bond donors (Lipinski definition) is 2. The lowest BCUT2D eigenvalue weighted by Crippen LogP contribution is -2.27. The van der Waals surface area contributed by atoms with Crippen LogP contribution in [0.5, 0.6) is 0 Å². The Morgan fingerprint density at radius 2 is 2.28 bits per heavy atom. The number of hydrogen-bond acceptors (Lipinski definition) is 3. The number of benzene rings is 1. The Bertz CT molecular complexity index is 454. The lowest BCUT2D eigenvalue weighted by atomic mass is 10.1. The predicted molar refractivity (Wildman–Crippen MR) is 66.1 cm³/mol. The molecule has 0 bridgehead atoms. The summed E-state index contributed by atoms with van der Waals surface area (Å²) in [5.41, 5.74) is 0.863. The molecule has 0 spiro atoms. The molecule has 4 nitrogen and oxygen atoms in total. The van der Waals surface area contributed by atoms with Gasteiger partial charge < -0.3 is 10.6 Å². The number of nitriles is 1.